The van der Waals surface area contributed by atoms with Crippen LogP contribution in [0.3, 0.4) is 0 Å². The van der Waals surface area contributed by atoms with Crippen LogP contribution < -0.4 is 0 Å². The van der Waals surface area contributed by atoms with Crippen molar-refractivity contribution in [2.75, 3.05) is 0 Å². The second-order valence-electron chi connectivity index (χ2n) is 16.3. The van der Waals surface area contributed by atoms with Gasteiger partial charge in [-0.3, -0.25) is 0 Å². The highest BCUT2D eigenvalue weighted by Crippen LogP contribution is 2.34. The maximum atomic E-state index is 5.18. The van der Waals surface area contributed by atoms with Crippen LogP contribution in [0.2, 0.25) is 0 Å². The summed E-state index contributed by atoms with van der Waals surface area (Å²) in [6.45, 7) is 0. The van der Waals surface area contributed by atoms with E-state index in [-0.39, 0.29) is 0 Å². The molecule has 12 aromatic rings. The van der Waals surface area contributed by atoms with Gasteiger partial charge in [-0.15, -0.1) is 0 Å². The zero-order valence-electron chi connectivity index (χ0n) is 34.7. The fourth-order valence-corrected chi connectivity index (χ4v) is 8.77. The van der Waals surface area contributed by atoms with Crippen molar-refractivity contribution in [1.29, 1.82) is 0 Å². The van der Waals surface area contributed by atoms with Gasteiger partial charge in [-0.05, 0) is 90.6 Å². The minimum Gasteiger partial charge on any atom is -0.228 e. The van der Waals surface area contributed by atoms with E-state index in [1.165, 1.54) is 32.3 Å². The van der Waals surface area contributed by atoms with Crippen molar-refractivity contribution in [3.63, 3.8) is 0 Å². The molecule has 4 nitrogen and oxygen atoms in total. The molecule has 0 aliphatic heterocycles. The van der Waals surface area contributed by atoms with Gasteiger partial charge >= 0.3 is 0 Å². The molecular weight excluding hydrogens is 777 g/mol. The van der Waals surface area contributed by atoms with Gasteiger partial charge in [0.25, 0.3) is 0 Å². The first-order chi connectivity index (χ1) is 31.6. The van der Waals surface area contributed by atoms with Gasteiger partial charge in [-0.1, -0.05) is 194 Å². The molecule has 0 aliphatic carbocycles. The average Bonchev–Trinajstić information content (AvgIpc) is 3.38. The van der Waals surface area contributed by atoms with Gasteiger partial charge in [0.1, 0.15) is 0 Å². The third-order valence-corrected chi connectivity index (χ3v) is 12.3. The van der Waals surface area contributed by atoms with Crippen LogP contribution in [0.25, 0.3) is 122 Å². The van der Waals surface area contributed by atoms with Gasteiger partial charge in [0.15, 0.2) is 11.6 Å². The number of benzene rings is 10. The zero-order valence-corrected chi connectivity index (χ0v) is 34.7. The Kier molecular flexibility index (Phi) is 9.12. The Bertz CT molecular complexity index is 3280. The van der Waals surface area contributed by atoms with Crippen molar-refractivity contribution in [2.24, 2.45) is 0 Å². The molecular formula is C60H38N4. The fourth-order valence-electron chi connectivity index (χ4n) is 8.77. The van der Waals surface area contributed by atoms with Gasteiger partial charge in [-0.2, -0.15) is 0 Å². The highest BCUT2D eigenvalue weighted by Gasteiger charge is 2.15. The average molecular weight is 815 g/mol. The van der Waals surface area contributed by atoms with Crippen molar-refractivity contribution in [3.8, 4) is 78.9 Å². The van der Waals surface area contributed by atoms with Crippen LogP contribution in [0.1, 0.15) is 0 Å². The first-order valence-corrected chi connectivity index (χ1v) is 21.6. The molecule has 10 aromatic carbocycles. The molecule has 0 bridgehead atoms. The topological polar surface area (TPSA) is 51.6 Å². The standard InChI is InChI=1S/C60H38N4/c1-5-13-47-33-51(29-21-39(47)9-1)57-37-55(61-59(63-57)53-31-23-41-11-3-7-15-49(41)35-53)45-25-17-43(18-26-45)44-19-27-46(28-20-44)56-38-58(52-30-22-40-10-2-6-14-48(40)34-52)64-60(62-56)54-32-24-42-12-4-8-16-50(42)36-54/h1-38H. The Balaban J connectivity index is 0.894. The molecule has 0 unspecified atom stereocenters. The Morgan fingerprint density at radius 3 is 0.734 bits per heavy atom. The van der Waals surface area contributed by atoms with Gasteiger partial charge in [-0.25, -0.2) is 19.9 Å². The summed E-state index contributed by atoms with van der Waals surface area (Å²) in [5, 5.41) is 9.46. The van der Waals surface area contributed by atoms with Crippen molar-refractivity contribution in [3.05, 3.63) is 231 Å². The van der Waals surface area contributed by atoms with Crippen LogP contribution in [-0.2, 0) is 0 Å². The number of hydrogen-bond donors (Lipinski definition) is 0. The van der Waals surface area contributed by atoms with Crippen molar-refractivity contribution >= 4 is 43.1 Å². The summed E-state index contributed by atoms with van der Waals surface area (Å²) in [6.07, 6.45) is 0. The summed E-state index contributed by atoms with van der Waals surface area (Å²) in [7, 11) is 0. The lowest BCUT2D eigenvalue weighted by Crippen LogP contribution is -1.96. The zero-order chi connectivity index (χ0) is 42.4. The van der Waals surface area contributed by atoms with E-state index in [9.17, 15) is 0 Å². The fraction of sp³-hybridized carbons (Fsp3) is 0. The summed E-state index contributed by atoms with van der Waals surface area (Å²) in [5.41, 5.74) is 11.9. The van der Waals surface area contributed by atoms with E-state index >= 15 is 0 Å². The van der Waals surface area contributed by atoms with Gasteiger partial charge in [0.05, 0.1) is 22.8 Å². The van der Waals surface area contributed by atoms with Gasteiger partial charge < -0.3 is 0 Å². The summed E-state index contributed by atoms with van der Waals surface area (Å²) in [4.78, 5) is 20.7. The predicted molar refractivity (Wildman–Crippen MR) is 266 cm³/mol. The lowest BCUT2D eigenvalue weighted by Gasteiger charge is -2.12. The first-order valence-electron chi connectivity index (χ1n) is 21.6. The molecule has 0 aliphatic rings. The van der Waals surface area contributed by atoms with E-state index in [4.69, 9.17) is 19.9 Å². The SMILES string of the molecule is c1ccc2cc(-c3cc(-c4ccc(-c5ccc(-c6cc(-c7ccc8ccccc8c7)nc(-c7ccc8ccccc8c7)n6)cc5)cc4)nc(-c4ccc5ccccc5c4)n3)ccc2c1. The van der Waals surface area contributed by atoms with Crippen molar-refractivity contribution in [1.82, 2.24) is 19.9 Å². The molecule has 0 atom stereocenters. The lowest BCUT2D eigenvalue weighted by molar-refractivity contribution is 1.18. The number of rotatable bonds is 7. The molecule has 64 heavy (non-hydrogen) atoms. The van der Waals surface area contributed by atoms with Gasteiger partial charge in [0.2, 0.25) is 0 Å². The monoisotopic (exact) mass is 814 g/mol. The van der Waals surface area contributed by atoms with Crippen LogP contribution in [0.15, 0.2) is 231 Å². The third-order valence-electron chi connectivity index (χ3n) is 12.3. The van der Waals surface area contributed by atoms with Crippen LogP contribution in [-0.4, -0.2) is 19.9 Å². The molecule has 2 aromatic heterocycles. The van der Waals surface area contributed by atoms with E-state index in [0.717, 1.165) is 78.1 Å². The molecule has 2 heterocycles. The van der Waals surface area contributed by atoms with Crippen molar-refractivity contribution < 1.29 is 0 Å². The smallest absolute Gasteiger partial charge is 0.160 e. The van der Waals surface area contributed by atoms with E-state index in [1.54, 1.807) is 0 Å². The van der Waals surface area contributed by atoms with Crippen LogP contribution in [0.5, 0.6) is 0 Å². The quantitative estimate of drug-likeness (QED) is 0.161. The Labute approximate surface area is 370 Å². The molecule has 0 saturated heterocycles. The van der Waals surface area contributed by atoms with Crippen molar-refractivity contribution in [2.45, 2.75) is 0 Å². The van der Waals surface area contributed by atoms with E-state index in [0.29, 0.717) is 11.6 Å². The number of fused-ring (bicyclic) bond motifs is 4. The minimum atomic E-state index is 0.698. The molecule has 0 radical (unpaired) electrons. The maximum absolute atomic E-state index is 5.18. The van der Waals surface area contributed by atoms with Crippen LogP contribution in [0, 0.1) is 0 Å². The highest BCUT2D eigenvalue weighted by molar-refractivity contribution is 5.91. The second-order valence-corrected chi connectivity index (χ2v) is 16.3. The second kappa shape index (κ2) is 15.7. The number of hydrogen-bond acceptors (Lipinski definition) is 4. The van der Waals surface area contributed by atoms with Gasteiger partial charge in [0, 0.05) is 33.4 Å². The van der Waals surface area contributed by atoms with Crippen LogP contribution in [0.4, 0.5) is 0 Å². The van der Waals surface area contributed by atoms with E-state index in [2.05, 4.69) is 231 Å². The molecule has 0 N–H and O–H groups in total. The van der Waals surface area contributed by atoms with E-state index in [1.807, 2.05) is 0 Å². The summed E-state index contributed by atoms with van der Waals surface area (Å²) < 4.78 is 0. The highest BCUT2D eigenvalue weighted by atomic mass is 14.9. The molecule has 4 heteroatoms. The molecule has 0 fully saturated rings. The lowest BCUT2D eigenvalue weighted by atomic mass is 9.99. The normalized spacial score (nSPS) is 11.4. The minimum absolute atomic E-state index is 0.698. The summed E-state index contributed by atoms with van der Waals surface area (Å²) in [6, 6.07) is 81.3. The Morgan fingerprint density at radius 2 is 0.406 bits per heavy atom. The maximum Gasteiger partial charge on any atom is 0.160 e. The number of nitrogens with zero attached hydrogens (tertiary/aromatic N) is 4. The van der Waals surface area contributed by atoms with Crippen LogP contribution >= 0.6 is 0 Å². The first kappa shape index (κ1) is 37.2. The molecule has 298 valence electrons. The predicted octanol–water partition coefficient (Wildman–Crippen LogP) is 15.5. The summed E-state index contributed by atoms with van der Waals surface area (Å²) >= 11 is 0. The number of aromatic nitrogens is 4. The summed E-state index contributed by atoms with van der Waals surface area (Å²) in [5.74, 6) is 1.40. The molecule has 12 rings (SSSR count). The molecule has 0 saturated carbocycles. The molecule has 0 spiro atoms. The third kappa shape index (κ3) is 7.13. The Hall–Kier alpha value is -8.60. The molecule has 0 amide bonds. The van der Waals surface area contributed by atoms with E-state index < -0.39 is 0 Å². The largest absolute Gasteiger partial charge is 0.228 e. The Morgan fingerprint density at radius 1 is 0.172 bits per heavy atom.